The van der Waals surface area contributed by atoms with E-state index in [2.05, 4.69) is 15.7 Å². The molecule has 2 N–H and O–H groups in total. The van der Waals surface area contributed by atoms with Crippen LogP contribution in [-0.2, 0) is 4.74 Å². The number of hydrogen-bond acceptors (Lipinski definition) is 3. The highest BCUT2D eigenvalue weighted by atomic mass is 19.1. The first-order chi connectivity index (χ1) is 12.2. The number of anilines is 2. The largest absolute Gasteiger partial charge is 0.381 e. The molecular weight excluding hydrogens is 323 g/mol. The van der Waals surface area contributed by atoms with Crippen molar-refractivity contribution in [2.75, 3.05) is 23.8 Å². The molecule has 1 saturated heterocycles. The van der Waals surface area contributed by atoms with Crippen molar-refractivity contribution in [1.29, 1.82) is 0 Å². The number of rotatable bonds is 4. The lowest BCUT2D eigenvalue weighted by Crippen LogP contribution is -2.22. The maximum absolute atomic E-state index is 13.8. The topological polar surface area (TPSA) is 68.2 Å². The first-order valence-electron chi connectivity index (χ1n) is 8.69. The lowest BCUT2D eigenvalue weighted by atomic mass is 10.1. The van der Waals surface area contributed by atoms with Crippen molar-refractivity contribution in [3.8, 4) is 0 Å². The highest BCUT2D eigenvalue weighted by Gasteiger charge is 2.26. The van der Waals surface area contributed by atoms with Crippen molar-refractivity contribution >= 4 is 17.5 Å². The van der Waals surface area contributed by atoms with E-state index in [1.54, 1.807) is 18.2 Å². The van der Waals surface area contributed by atoms with Crippen LogP contribution >= 0.6 is 0 Å². The molecule has 0 spiro atoms. The Bertz CT molecular complexity index is 766. The van der Waals surface area contributed by atoms with Gasteiger partial charge in [-0.3, -0.25) is 10.00 Å². The maximum Gasteiger partial charge on any atom is 0.324 e. The van der Waals surface area contributed by atoms with Crippen LogP contribution in [-0.4, -0.2) is 29.0 Å². The van der Waals surface area contributed by atoms with Crippen LogP contribution in [0.5, 0.6) is 0 Å². The SMILES string of the molecule is O=C(Nc1ccc(F)c(C2CC2)c1)Nc1ccn(C2CCOCC2)n1. The second kappa shape index (κ2) is 6.84. The molecule has 2 heterocycles. The number of nitrogens with zero attached hydrogens (tertiary/aromatic N) is 2. The molecule has 0 bridgehead atoms. The molecule has 6 nitrogen and oxygen atoms in total. The van der Waals surface area contributed by atoms with E-state index in [9.17, 15) is 9.18 Å². The average Bonchev–Trinajstić information content (AvgIpc) is 3.36. The monoisotopic (exact) mass is 344 g/mol. The van der Waals surface area contributed by atoms with Gasteiger partial charge in [-0.05, 0) is 55.4 Å². The summed E-state index contributed by atoms with van der Waals surface area (Å²) in [6.45, 7) is 1.48. The number of urea groups is 1. The van der Waals surface area contributed by atoms with Crippen molar-refractivity contribution < 1.29 is 13.9 Å². The number of ether oxygens (including phenoxy) is 1. The van der Waals surface area contributed by atoms with Crippen LogP contribution < -0.4 is 10.6 Å². The minimum atomic E-state index is -0.384. The van der Waals surface area contributed by atoms with Gasteiger partial charge in [0.2, 0.25) is 0 Å². The van der Waals surface area contributed by atoms with Crippen LogP contribution in [0.3, 0.4) is 0 Å². The van der Waals surface area contributed by atoms with Gasteiger partial charge in [0.1, 0.15) is 5.82 Å². The van der Waals surface area contributed by atoms with Gasteiger partial charge in [0.15, 0.2) is 5.82 Å². The smallest absolute Gasteiger partial charge is 0.324 e. The summed E-state index contributed by atoms with van der Waals surface area (Å²) in [5.41, 5.74) is 1.27. The van der Waals surface area contributed by atoms with Gasteiger partial charge in [0.05, 0.1) is 6.04 Å². The number of nitrogens with one attached hydrogen (secondary N) is 2. The van der Waals surface area contributed by atoms with Gasteiger partial charge in [-0.25, -0.2) is 9.18 Å². The Hall–Kier alpha value is -2.41. The summed E-state index contributed by atoms with van der Waals surface area (Å²) in [5, 5.41) is 9.88. The van der Waals surface area contributed by atoms with Gasteiger partial charge in [-0.15, -0.1) is 0 Å². The molecule has 2 amide bonds. The standard InChI is InChI=1S/C18H21FN4O2/c19-16-4-3-13(11-15(16)12-1-2-12)20-18(24)21-17-5-8-23(22-17)14-6-9-25-10-7-14/h3-5,8,11-12,14H,1-2,6-7,9-10H2,(H2,20,21,22,24). The number of carbonyl (C=O) groups excluding carboxylic acids is 1. The maximum atomic E-state index is 13.8. The van der Waals surface area contributed by atoms with Gasteiger partial charge < -0.3 is 10.1 Å². The summed E-state index contributed by atoms with van der Waals surface area (Å²) in [5.74, 6) is 0.581. The van der Waals surface area contributed by atoms with Crippen molar-refractivity contribution in [3.63, 3.8) is 0 Å². The Morgan fingerprint density at radius 1 is 1.16 bits per heavy atom. The van der Waals surface area contributed by atoms with E-state index >= 15 is 0 Å². The lowest BCUT2D eigenvalue weighted by Gasteiger charge is -2.22. The van der Waals surface area contributed by atoms with Crippen molar-refractivity contribution in [2.24, 2.45) is 0 Å². The Balaban J connectivity index is 1.37. The molecule has 1 saturated carbocycles. The van der Waals surface area contributed by atoms with E-state index in [1.807, 2.05) is 10.9 Å². The molecule has 25 heavy (non-hydrogen) atoms. The summed E-state index contributed by atoms with van der Waals surface area (Å²) >= 11 is 0. The van der Waals surface area contributed by atoms with Gasteiger partial charge in [-0.1, -0.05) is 0 Å². The first kappa shape index (κ1) is 16.1. The van der Waals surface area contributed by atoms with Crippen LogP contribution in [0.25, 0.3) is 0 Å². The molecule has 2 aliphatic rings. The van der Waals surface area contributed by atoms with E-state index in [0.29, 0.717) is 29.0 Å². The van der Waals surface area contributed by atoms with E-state index in [4.69, 9.17) is 4.74 Å². The molecule has 2 aromatic rings. The predicted octanol–water partition coefficient (Wildman–Crippen LogP) is 3.90. The fourth-order valence-electron chi connectivity index (χ4n) is 3.17. The van der Waals surface area contributed by atoms with E-state index in [-0.39, 0.29) is 11.8 Å². The Morgan fingerprint density at radius 2 is 1.96 bits per heavy atom. The number of aromatic nitrogens is 2. The normalized spacial score (nSPS) is 18.1. The Morgan fingerprint density at radius 3 is 2.72 bits per heavy atom. The number of amides is 2. The van der Waals surface area contributed by atoms with Crippen LogP contribution in [0.4, 0.5) is 20.7 Å². The summed E-state index contributed by atoms with van der Waals surface area (Å²) in [7, 11) is 0. The van der Waals surface area contributed by atoms with Gasteiger partial charge >= 0.3 is 6.03 Å². The van der Waals surface area contributed by atoms with Crippen LogP contribution in [0.1, 0.15) is 43.2 Å². The van der Waals surface area contributed by atoms with Crippen molar-refractivity contribution in [2.45, 2.75) is 37.6 Å². The molecular formula is C18H21FN4O2. The average molecular weight is 344 g/mol. The molecule has 7 heteroatoms. The van der Waals surface area contributed by atoms with Gasteiger partial charge in [-0.2, -0.15) is 5.10 Å². The minimum Gasteiger partial charge on any atom is -0.381 e. The van der Waals surface area contributed by atoms with Gasteiger partial charge in [0, 0.05) is 31.2 Å². The third-order valence-electron chi connectivity index (χ3n) is 4.69. The number of halogens is 1. The highest BCUT2D eigenvalue weighted by Crippen LogP contribution is 2.42. The van der Waals surface area contributed by atoms with Crippen LogP contribution in [0.15, 0.2) is 30.5 Å². The summed E-state index contributed by atoms with van der Waals surface area (Å²) < 4.78 is 21.0. The molecule has 0 unspecified atom stereocenters. The lowest BCUT2D eigenvalue weighted by molar-refractivity contribution is 0.0663. The van der Waals surface area contributed by atoms with E-state index in [1.165, 1.54) is 6.07 Å². The summed E-state index contributed by atoms with van der Waals surface area (Å²) in [4.78, 5) is 12.2. The van der Waals surface area contributed by atoms with E-state index < -0.39 is 0 Å². The molecule has 1 aliphatic heterocycles. The predicted molar refractivity (Wildman–Crippen MR) is 92.3 cm³/mol. The molecule has 1 aromatic heterocycles. The zero-order chi connectivity index (χ0) is 17.2. The molecule has 132 valence electrons. The minimum absolute atomic E-state index is 0.205. The second-order valence-corrected chi connectivity index (χ2v) is 6.61. The molecule has 0 radical (unpaired) electrons. The molecule has 0 atom stereocenters. The third kappa shape index (κ3) is 3.82. The fraction of sp³-hybridized carbons (Fsp3) is 0.444. The number of benzene rings is 1. The zero-order valence-electron chi connectivity index (χ0n) is 13.9. The van der Waals surface area contributed by atoms with E-state index in [0.717, 1.165) is 38.9 Å². The van der Waals surface area contributed by atoms with Crippen molar-refractivity contribution in [1.82, 2.24) is 9.78 Å². The fourth-order valence-corrected chi connectivity index (χ4v) is 3.17. The summed E-state index contributed by atoms with van der Waals surface area (Å²) in [6.07, 6.45) is 5.74. The number of hydrogen-bond donors (Lipinski definition) is 2. The number of carbonyl (C=O) groups is 1. The second-order valence-electron chi connectivity index (χ2n) is 6.61. The Kier molecular flexibility index (Phi) is 4.40. The quantitative estimate of drug-likeness (QED) is 0.884. The molecule has 1 aromatic carbocycles. The van der Waals surface area contributed by atoms with Gasteiger partial charge in [0.25, 0.3) is 0 Å². The Labute approximate surface area is 145 Å². The zero-order valence-corrected chi connectivity index (χ0v) is 13.9. The van der Waals surface area contributed by atoms with Crippen LogP contribution in [0, 0.1) is 5.82 Å². The molecule has 1 aliphatic carbocycles. The third-order valence-corrected chi connectivity index (χ3v) is 4.69. The van der Waals surface area contributed by atoms with Crippen molar-refractivity contribution in [3.05, 3.63) is 41.8 Å². The molecule has 2 fully saturated rings. The first-order valence-corrected chi connectivity index (χ1v) is 8.69. The molecule has 4 rings (SSSR count). The summed E-state index contributed by atoms with van der Waals surface area (Å²) in [6, 6.07) is 6.39. The van der Waals surface area contributed by atoms with Crippen LogP contribution in [0.2, 0.25) is 0 Å². The highest BCUT2D eigenvalue weighted by molar-refractivity contribution is 5.99.